The maximum absolute atomic E-state index is 12.1. The van der Waals surface area contributed by atoms with Gasteiger partial charge in [0.1, 0.15) is 0 Å². The molecule has 1 aliphatic rings. The minimum Gasteiger partial charge on any atom is -0.378 e. The van der Waals surface area contributed by atoms with Gasteiger partial charge in [0.25, 0.3) is 10.0 Å². The second-order valence-corrected chi connectivity index (χ2v) is 6.28. The number of aromatic nitrogens is 2. The van der Waals surface area contributed by atoms with E-state index in [1.165, 1.54) is 6.20 Å². The molecule has 0 aliphatic carbocycles. The van der Waals surface area contributed by atoms with Gasteiger partial charge in [-0.15, -0.1) is 0 Å². The first-order valence-corrected chi connectivity index (χ1v) is 7.90. The predicted molar refractivity (Wildman–Crippen MR) is 70.1 cm³/mol. The number of rotatable bonds is 7. The van der Waals surface area contributed by atoms with E-state index in [2.05, 4.69) is 20.2 Å². The van der Waals surface area contributed by atoms with E-state index in [4.69, 9.17) is 4.74 Å². The van der Waals surface area contributed by atoms with Crippen molar-refractivity contribution in [2.24, 2.45) is 0 Å². The minimum absolute atomic E-state index is 0.134. The summed E-state index contributed by atoms with van der Waals surface area (Å²) in [4.78, 5) is 0. The van der Waals surface area contributed by atoms with E-state index in [1.54, 1.807) is 7.05 Å². The molecule has 1 saturated heterocycles. The second kappa shape index (κ2) is 6.47. The monoisotopic (exact) mass is 288 g/mol. The number of aromatic amines is 1. The van der Waals surface area contributed by atoms with Gasteiger partial charge in [-0.05, 0) is 26.3 Å². The van der Waals surface area contributed by atoms with E-state index in [-0.39, 0.29) is 11.1 Å². The van der Waals surface area contributed by atoms with Crippen molar-refractivity contribution in [2.75, 3.05) is 20.2 Å². The standard InChI is InChI=1S/C11H20N4O3S/c1-12-7-9-8-13-15-11(9)19(16,17)14-5-4-10-3-2-6-18-10/h8,10,12,14H,2-7H2,1H3,(H,13,15). The average Bonchev–Trinajstić information content (AvgIpc) is 3.00. The van der Waals surface area contributed by atoms with Crippen molar-refractivity contribution in [3.05, 3.63) is 11.8 Å². The van der Waals surface area contributed by atoms with Gasteiger partial charge in [-0.25, -0.2) is 13.1 Å². The third-order valence-corrected chi connectivity index (χ3v) is 4.57. The molecular formula is C11H20N4O3S. The Morgan fingerprint density at radius 3 is 3.11 bits per heavy atom. The van der Waals surface area contributed by atoms with E-state index in [0.29, 0.717) is 25.1 Å². The maximum Gasteiger partial charge on any atom is 0.257 e. The zero-order valence-electron chi connectivity index (χ0n) is 11.0. The molecule has 1 aliphatic heterocycles. The summed E-state index contributed by atoms with van der Waals surface area (Å²) in [6, 6.07) is 0. The summed E-state index contributed by atoms with van der Waals surface area (Å²) in [5.74, 6) is 0. The fourth-order valence-corrected chi connectivity index (χ4v) is 3.32. The molecule has 19 heavy (non-hydrogen) atoms. The number of hydrogen-bond donors (Lipinski definition) is 3. The summed E-state index contributed by atoms with van der Waals surface area (Å²) in [7, 11) is -1.77. The first kappa shape index (κ1) is 14.4. The summed E-state index contributed by atoms with van der Waals surface area (Å²) < 4.78 is 32.3. The van der Waals surface area contributed by atoms with Crippen LogP contribution in [0.2, 0.25) is 0 Å². The normalized spacial score (nSPS) is 19.9. The van der Waals surface area contributed by atoms with E-state index in [0.717, 1.165) is 19.4 Å². The second-order valence-electron chi connectivity index (χ2n) is 4.58. The SMILES string of the molecule is CNCc1cn[nH]c1S(=O)(=O)NCCC1CCCO1. The van der Waals surface area contributed by atoms with Crippen LogP contribution >= 0.6 is 0 Å². The highest BCUT2D eigenvalue weighted by molar-refractivity contribution is 7.89. The number of sulfonamides is 1. The van der Waals surface area contributed by atoms with Crippen molar-refractivity contribution in [3.8, 4) is 0 Å². The van der Waals surface area contributed by atoms with Crippen LogP contribution in [0.15, 0.2) is 11.2 Å². The van der Waals surface area contributed by atoms with Crippen LogP contribution in [0, 0.1) is 0 Å². The van der Waals surface area contributed by atoms with Crippen LogP contribution in [0.3, 0.4) is 0 Å². The third kappa shape index (κ3) is 3.75. The fraction of sp³-hybridized carbons (Fsp3) is 0.727. The summed E-state index contributed by atoms with van der Waals surface area (Å²) in [5, 5.41) is 9.37. The van der Waals surface area contributed by atoms with Gasteiger partial charge >= 0.3 is 0 Å². The maximum atomic E-state index is 12.1. The molecular weight excluding hydrogens is 268 g/mol. The predicted octanol–water partition coefficient (Wildman–Crippen LogP) is -0.0235. The van der Waals surface area contributed by atoms with Gasteiger partial charge in [0.2, 0.25) is 0 Å². The van der Waals surface area contributed by atoms with E-state index in [1.807, 2.05) is 0 Å². The molecule has 0 aromatic carbocycles. The lowest BCUT2D eigenvalue weighted by molar-refractivity contribution is 0.105. The Balaban J connectivity index is 1.91. The van der Waals surface area contributed by atoms with Crippen LogP contribution in [-0.2, 0) is 21.3 Å². The van der Waals surface area contributed by atoms with Crippen molar-refractivity contribution in [2.45, 2.75) is 36.9 Å². The molecule has 2 heterocycles. The highest BCUT2D eigenvalue weighted by Crippen LogP contribution is 2.15. The van der Waals surface area contributed by atoms with Crippen molar-refractivity contribution < 1.29 is 13.2 Å². The first-order valence-electron chi connectivity index (χ1n) is 6.41. The van der Waals surface area contributed by atoms with Crippen LogP contribution < -0.4 is 10.0 Å². The molecule has 2 rings (SSSR count). The molecule has 1 aromatic heterocycles. The molecule has 0 saturated carbocycles. The number of ether oxygens (including phenoxy) is 1. The Kier molecular flexibility index (Phi) is 4.92. The van der Waals surface area contributed by atoms with Gasteiger partial charge in [0.15, 0.2) is 5.03 Å². The van der Waals surface area contributed by atoms with Gasteiger partial charge in [-0.1, -0.05) is 0 Å². The third-order valence-electron chi connectivity index (χ3n) is 3.10. The molecule has 1 unspecified atom stereocenters. The smallest absolute Gasteiger partial charge is 0.257 e. The van der Waals surface area contributed by atoms with Crippen LogP contribution in [-0.4, -0.2) is 44.9 Å². The molecule has 0 radical (unpaired) electrons. The first-order chi connectivity index (χ1) is 9.13. The molecule has 1 fully saturated rings. The lowest BCUT2D eigenvalue weighted by atomic mass is 10.2. The molecule has 3 N–H and O–H groups in total. The molecule has 7 nitrogen and oxygen atoms in total. The topological polar surface area (TPSA) is 96.1 Å². The van der Waals surface area contributed by atoms with Crippen LogP contribution in [0.25, 0.3) is 0 Å². The zero-order valence-corrected chi connectivity index (χ0v) is 11.8. The number of hydrogen-bond acceptors (Lipinski definition) is 5. The van der Waals surface area contributed by atoms with Crippen molar-refractivity contribution in [1.29, 1.82) is 0 Å². The Labute approximate surface area is 113 Å². The van der Waals surface area contributed by atoms with Gasteiger partial charge < -0.3 is 10.1 Å². The van der Waals surface area contributed by atoms with Crippen molar-refractivity contribution >= 4 is 10.0 Å². The van der Waals surface area contributed by atoms with Crippen LogP contribution in [0.4, 0.5) is 0 Å². The molecule has 0 amide bonds. The lowest BCUT2D eigenvalue weighted by Gasteiger charge is -2.10. The quantitative estimate of drug-likeness (QED) is 0.655. The fourth-order valence-electron chi connectivity index (χ4n) is 2.15. The molecule has 1 aromatic rings. The molecule has 108 valence electrons. The Morgan fingerprint density at radius 1 is 1.58 bits per heavy atom. The Hall–Kier alpha value is -0.960. The number of nitrogens with one attached hydrogen (secondary N) is 3. The van der Waals surface area contributed by atoms with Crippen LogP contribution in [0.5, 0.6) is 0 Å². The van der Waals surface area contributed by atoms with Gasteiger partial charge in [0, 0.05) is 25.3 Å². The van der Waals surface area contributed by atoms with E-state index >= 15 is 0 Å². The highest BCUT2D eigenvalue weighted by Gasteiger charge is 2.21. The Morgan fingerprint density at radius 2 is 2.42 bits per heavy atom. The average molecular weight is 288 g/mol. The molecule has 8 heteroatoms. The molecule has 0 spiro atoms. The summed E-state index contributed by atoms with van der Waals surface area (Å²) in [6.07, 6.45) is 4.47. The number of nitrogens with zero attached hydrogens (tertiary/aromatic N) is 1. The Bertz CT molecular complexity index is 494. The zero-order chi connectivity index (χ0) is 13.7. The lowest BCUT2D eigenvalue weighted by Crippen LogP contribution is -2.28. The summed E-state index contributed by atoms with van der Waals surface area (Å²) >= 11 is 0. The molecule has 0 bridgehead atoms. The van der Waals surface area contributed by atoms with Gasteiger partial charge in [0.05, 0.1) is 12.3 Å². The summed E-state index contributed by atoms with van der Waals surface area (Å²) in [5.41, 5.74) is 0.632. The van der Waals surface area contributed by atoms with E-state index < -0.39 is 10.0 Å². The highest BCUT2D eigenvalue weighted by atomic mass is 32.2. The summed E-state index contributed by atoms with van der Waals surface area (Å²) in [6.45, 7) is 1.62. The number of H-pyrrole nitrogens is 1. The molecule has 1 atom stereocenters. The van der Waals surface area contributed by atoms with Crippen molar-refractivity contribution in [1.82, 2.24) is 20.2 Å². The van der Waals surface area contributed by atoms with Gasteiger partial charge in [-0.3, -0.25) is 5.10 Å². The van der Waals surface area contributed by atoms with Crippen molar-refractivity contribution in [3.63, 3.8) is 0 Å². The van der Waals surface area contributed by atoms with Crippen LogP contribution in [0.1, 0.15) is 24.8 Å². The van der Waals surface area contributed by atoms with E-state index in [9.17, 15) is 8.42 Å². The largest absolute Gasteiger partial charge is 0.378 e. The van der Waals surface area contributed by atoms with Gasteiger partial charge in [-0.2, -0.15) is 5.10 Å². The minimum atomic E-state index is -3.53.